The number of rotatable bonds is 3. The van der Waals surface area contributed by atoms with Crippen LogP contribution in [0.3, 0.4) is 0 Å². The van der Waals surface area contributed by atoms with Crippen molar-refractivity contribution in [3.63, 3.8) is 0 Å². The molecule has 4 heteroatoms. The molecule has 1 aromatic rings. The van der Waals surface area contributed by atoms with Gasteiger partial charge in [-0.2, -0.15) is 5.26 Å². The van der Waals surface area contributed by atoms with Gasteiger partial charge in [0.25, 0.3) is 0 Å². The Hall–Kier alpha value is -0.890. The van der Waals surface area contributed by atoms with Crippen molar-refractivity contribution in [2.75, 3.05) is 0 Å². The van der Waals surface area contributed by atoms with Gasteiger partial charge in [-0.25, -0.2) is 0 Å². The standard InChI is InChI=1S/C12H13BrN2O/c13-10-2-1-8(9(3-10)6-14)7-16-12-4-11(15)5-12/h1-3,11-12H,4-5,7,15H2. The first-order valence-corrected chi connectivity index (χ1v) is 6.04. The lowest BCUT2D eigenvalue weighted by Gasteiger charge is -2.32. The van der Waals surface area contributed by atoms with E-state index in [9.17, 15) is 0 Å². The van der Waals surface area contributed by atoms with Gasteiger partial charge in [0.15, 0.2) is 0 Å². The van der Waals surface area contributed by atoms with Crippen molar-refractivity contribution < 1.29 is 4.74 Å². The summed E-state index contributed by atoms with van der Waals surface area (Å²) in [5, 5.41) is 8.97. The van der Waals surface area contributed by atoms with E-state index in [-0.39, 0.29) is 6.10 Å². The summed E-state index contributed by atoms with van der Waals surface area (Å²) in [6, 6.07) is 8.12. The first-order chi connectivity index (χ1) is 7.69. The Labute approximate surface area is 103 Å². The van der Waals surface area contributed by atoms with E-state index in [1.165, 1.54) is 0 Å². The number of halogens is 1. The molecule has 0 amide bonds. The van der Waals surface area contributed by atoms with E-state index in [4.69, 9.17) is 15.7 Å². The van der Waals surface area contributed by atoms with Crippen molar-refractivity contribution in [2.24, 2.45) is 5.73 Å². The lowest BCUT2D eigenvalue weighted by atomic mass is 9.90. The molecule has 0 bridgehead atoms. The summed E-state index contributed by atoms with van der Waals surface area (Å²) in [6.07, 6.45) is 2.13. The molecule has 1 aliphatic rings. The summed E-state index contributed by atoms with van der Waals surface area (Å²) in [5.74, 6) is 0. The maximum atomic E-state index is 8.97. The zero-order chi connectivity index (χ0) is 11.5. The Morgan fingerprint density at radius 2 is 2.25 bits per heavy atom. The van der Waals surface area contributed by atoms with E-state index in [1.54, 1.807) is 0 Å². The number of benzene rings is 1. The fraction of sp³-hybridized carbons (Fsp3) is 0.417. The van der Waals surface area contributed by atoms with Crippen LogP contribution in [-0.2, 0) is 11.3 Å². The van der Waals surface area contributed by atoms with Crippen LogP contribution >= 0.6 is 15.9 Å². The van der Waals surface area contributed by atoms with Crippen LogP contribution in [0.4, 0.5) is 0 Å². The van der Waals surface area contributed by atoms with Crippen molar-refractivity contribution in [3.05, 3.63) is 33.8 Å². The smallest absolute Gasteiger partial charge is 0.0995 e. The highest BCUT2D eigenvalue weighted by Gasteiger charge is 2.26. The predicted molar refractivity (Wildman–Crippen MR) is 64.6 cm³/mol. The fourth-order valence-electron chi connectivity index (χ4n) is 1.73. The molecule has 0 atom stereocenters. The van der Waals surface area contributed by atoms with E-state index < -0.39 is 0 Å². The predicted octanol–water partition coefficient (Wildman–Crippen LogP) is 2.33. The highest BCUT2D eigenvalue weighted by Crippen LogP contribution is 2.24. The van der Waals surface area contributed by atoms with E-state index in [1.807, 2.05) is 18.2 Å². The molecule has 0 unspecified atom stereocenters. The summed E-state index contributed by atoms with van der Waals surface area (Å²) >= 11 is 3.34. The van der Waals surface area contributed by atoms with Crippen LogP contribution in [0.15, 0.2) is 22.7 Å². The summed E-state index contributed by atoms with van der Waals surface area (Å²) in [4.78, 5) is 0. The summed E-state index contributed by atoms with van der Waals surface area (Å²) in [7, 11) is 0. The average Bonchev–Trinajstić information content (AvgIpc) is 2.24. The number of hydrogen-bond acceptors (Lipinski definition) is 3. The van der Waals surface area contributed by atoms with Gasteiger partial charge in [-0.1, -0.05) is 22.0 Å². The first kappa shape index (κ1) is 11.6. The molecule has 1 fully saturated rings. The van der Waals surface area contributed by atoms with E-state index in [2.05, 4.69) is 22.0 Å². The van der Waals surface area contributed by atoms with Crippen LogP contribution in [-0.4, -0.2) is 12.1 Å². The monoisotopic (exact) mass is 280 g/mol. The van der Waals surface area contributed by atoms with Gasteiger partial charge in [0, 0.05) is 10.5 Å². The van der Waals surface area contributed by atoms with Gasteiger partial charge in [-0.3, -0.25) is 0 Å². The third kappa shape index (κ3) is 2.62. The van der Waals surface area contributed by atoms with Crippen LogP contribution in [0.5, 0.6) is 0 Å². The second-order valence-corrected chi connectivity index (χ2v) is 4.99. The molecular formula is C12H13BrN2O. The minimum atomic E-state index is 0.269. The molecule has 0 spiro atoms. The number of hydrogen-bond donors (Lipinski definition) is 1. The molecule has 0 saturated heterocycles. The maximum absolute atomic E-state index is 8.97. The van der Waals surface area contributed by atoms with Gasteiger partial charge in [-0.05, 0) is 30.5 Å². The number of nitriles is 1. The van der Waals surface area contributed by atoms with Crippen molar-refractivity contribution in [3.8, 4) is 6.07 Å². The van der Waals surface area contributed by atoms with E-state index >= 15 is 0 Å². The van der Waals surface area contributed by atoms with E-state index in [0.29, 0.717) is 18.2 Å². The zero-order valence-corrected chi connectivity index (χ0v) is 10.4. The molecule has 0 radical (unpaired) electrons. The lowest BCUT2D eigenvalue weighted by Crippen LogP contribution is -2.41. The van der Waals surface area contributed by atoms with Crippen LogP contribution in [0, 0.1) is 11.3 Å². The molecule has 16 heavy (non-hydrogen) atoms. The van der Waals surface area contributed by atoms with Gasteiger partial charge in [0.2, 0.25) is 0 Å². The summed E-state index contributed by atoms with van der Waals surface area (Å²) in [5.41, 5.74) is 7.28. The molecule has 1 aliphatic carbocycles. The highest BCUT2D eigenvalue weighted by atomic mass is 79.9. The first-order valence-electron chi connectivity index (χ1n) is 5.24. The molecule has 0 heterocycles. The second kappa shape index (κ2) is 4.96. The van der Waals surface area contributed by atoms with Gasteiger partial charge in [-0.15, -0.1) is 0 Å². The second-order valence-electron chi connectivity index (χ2n) is 4.08. The SMILES string of the molecule is N#Cc1cc(Br)ccc1COC1CC(N)C1. The van der Waals surface area contributed by atoms with Crippen LogP contribution in [0.25, 0.3) is 0 Å². The Morgan fingerprint density at radius 3 is 2.88 bits per heavy atom. The zero-order valence-electron chi connectivity index (χ0n) is 8.82. The molecule has 0 aliphatic heterocycles. The molecule has 0 aromatic heterocycles. The molecular weight excluding hydrogens is 268 g/mol. The third-order valence-corrected chi connectivity index (χ3v) is 3.29. The number of nitrogens with two attached hydrogens (primary N) is 1. The average molecular weight is 281 g/mol. The molecule has 3 nitrogen and oxygen atoms in total. The molecule has 2 N–H and O–H groups in total. The van der Waals surface area contributed by atoms with E-state index in [0.717, 1.165) is 22.9 Å². The van der Waals surface area contributed by atoms with Gasteiger partial charge >= 0.3 is 0 Å². The quantitative estimate of drug-likeness (QED) is 0.925. The minimum Gasteiger partial charge on any atom is -0.373 e. The number of ether oxygens (including phenoxy) is 1. The van der Waals surface area contributed by atoms with Gasteiger partial charge in [0.1, 0.15) is 0 Å². The van der Waals surface area contributed by atoms with Crippen molar-refractivity contribution in [1.82, 2.24) is 0 Å². The molecule has 1 aromatic carbocycles. The van der Waals surface area contributed by atoms with Crippen molar-refractivity contribution in [1.29, 1.82) is 5.26 Å². The minimum absolute atomic E-state index is 0.269. The lowest BCUT2D eigenvalue weighted by molar-refractivity contribution is -0.0189. The Morgan fingerprint density at radius 1 is 1.50 bits per heavy atom. The van der Waals surface area contributed by atoms with Crippen molar-refractivity contribution >= 4 is 15.9 Å². The topological polar surface area (TPSA) is 59.0 Å². The normalized spacial score (nSPS) is 23.6. The Kier molecular flexibility index (Phi) is 3.59. The molecule has 2 rings (SSSR count). The third-order valence-electron chi connectivity index (χ3n) is 2.80. The van der Waals surface area contributed by atoms with Gasteiger partial charge < -0.3 is 10.5 Å². The Balaban J connectivity index is 1.96. The largest absolute Gasteiger partial charge is 0.373 e. The van der Waals surface area contributed by atoms with Crippen molar-refractivity contribution in [2.45, 2.75) is 31.6 Å². The van der Waals surface area contributed by atoms with Crippen LogP contribution < -0.4 is 5.73 Å². The maximum Gasteiger partial charge on any atom is 0.0995 e. The summed E-state index contributed by atoms with van der Waals surface area (Å²) < 4.78 is 6.59. The molecule has 1 saturated carbocycles. The molecule has 84 valence electrons. The highest BCUT2D eigenvalue weighted by molar-refractivity contribution is 9.10. The Bertz CT molecular complexity index is 422. The van der Waals surface area contributed by atoms with Gasteiger partial charge in [0.05, 0.1) is 24.3 Å². The van der Waals surface area contributed by atoms with Crippen LogP contribution in [0.1, 0.15) is 24.0 Å². The summed E-state index contributed by atoms with van der Waals surface area (Å²) in [6.45, 7) is 0.494. The number of nitrogens with zero attached hydrogens (tertiary/aromatic N) is 1. The van der Waals surface area contributed by atoms with Crippen LogP contribution in [0.2, 0.25) is 0 Å². The fourth-order valence-corrected chi connectivity index (χ4v) is 2.09.